The summed E-state index contributed by atoms with van der Waals surface area (Å²) >= 11 is 0. The van der Waals surface area contributed by atoms with Crippen LogP contribution in [0.4, 0.5) is 11.4 Å². The van der Waals surface area contributed by atoms with E-state index in [2.05, 4.69) is 10.5 Å². The number of ether oxygens (including phenoxy) is 1. The number of carbonyl (C=O) groups is 3. The number of nitrogens with zero attached hydrogens (tertiary/aromatic N) is 2. The van der Waals surface area contributed by atoms with Crippen LogP contribution in [-0.4, -0.2) is 44.3 Å². The minimum Gasteiger partial charge on any atom is -0.466 e. The number of hydrogen-bond acceptors (Lipinski definition) is 6. The van der Waals surface area contributed by atoms with Gasteiger partial charge in [0.1, 0.15) is 6.61 Å². The van der Waals surface area contributed by atoms with E-state index in [1.54, 1.807) is 44.3 Å². The molecule has 0 saturated heterocycles. The number of nitrogens with one attached hydrogen (secondary N) is 1. The number of para-hydroxylation sites is 1. The van der Waals surface area contributed by atoms with Crippen molar-refractivity contribution in [3.05, 3.63) is 119 Å². The molecule has 0 heterocycles. The van der Waals surface area contributed by atoms with Gasteiger partial charge in [-0.25, -0.2) is 0 Å². The summed E-state index contributed by atoms with van der Waals surface area (Å²) in [6.07, 6.45) is 2.29. The van der Waals surface area contributed by atoms with Crippen LogP contribution in [0.2, 0.25) is 0 Å². The van der Waals surface area contributed by atoms with E-state index in [9.17, 15) is 14.4 Å². The Bertz CT molecular complexity index is 1580. The first-order chi connectivity index (χ1) is 20.9. The van der Waals surface area contributed by atoms with Crippen LogP contribution in [-0.2, 0) is 14.4 Å². The molecule has 8 nitrogen and oxygen atoms in total. The van der Waals surface area contributed by atoms with Gasteiger partial charge in [-0.05, 0) is 67.8 Å². The lowest BCUT2D eigenvalue weighted by atomic mass is 9.98. The normalized spacial score (nSPS) is 10.8. The van der Waals surface area contributed by atoms with E-state index in [0.29, 0.717) is 41.1 Å². The molecule has 0 radical (unpaired) electrons. The first kappa shape index (κ1) is 30.7. The first-order valence-corrected chi connectivity index (χ1v) is 14.1. The standard InChI is InChI=1S/C35H35N3O5/c1-4-42-33(39)14-9-23-43-36-24-28-10-5-8-13-32(28)38(3)35(41)27-19-21-29(22-20-27)37-34(40)31-12-7-6-11-30(31)26-17-15-25(2)16-18-26/h5-8,10-13,15-22,24H,4,9,14,23H2,1-3H3,(H,37,40)/b36-24+. The molecule has 43 heavy (non-hydrogen) atoms. The molecule has 4 aromatic carbocycles. The highest BCUT2D eigenvalue weighted by molar-refractivity contribution is 6.10. The monoisotopic (exact) mass is 577 g/mol. The Hall–Kier alpha value is -5.24. The quantitative estimate of drug-likeness (QED) is 0.0856. The SMILES string of the molecule is CCOC(=O)CCCO/N=C/c1ccccc1N(C)C(=O)c1ccc(NC(=O)c2ccccc2-c2ccc(C)cc2)cc1. The number of amides is 2. The lowest BCUT2D eigenvalue weighted by Crippen LogP contribution is -2.27. The van der Waals surface area contributed by atoms with Crippen LogP contribution in [0, 0.1) is 6.92 Å². The summed E-state index contributed by atoms with van der Waals surface area (Å²) in [5.41, 5.74) is 5.90. The smallest absolute Gasteiger partial charge is 0.305 e. The van der Waals surface area contributed by atoms with Gasteiger partial charge in [0.05, 0.1) is 18.5 Å². The molecule has 1 N–H and O–H groups in total. The maximum atomic E-state index is 13.3. The van der Waals surface area contributed by atoms with Gasteiger partial charge in [0, 0.05) is 35.8 Å². The van der Waals surface area contributed by atoms with Crippen molar-refractivity contribution in [3.63, 3.8) is 0 Å². The fraction of sp³-hybridized carbons (Fsp3) is 0.200. The Morgan fingerprint density at radius 3 is 2.33 bits per heavy atom. The Morgan fingerprint density at radius 2 is 1.58 bits per heavy atom. The molecule has 4 rings (SSSR count). The second-order valence-electron chi connectivity index (χ2n) is 9.84. The Kier molecular flexibility index (Phi) is 10.8. The van der Waals surface area contributed by atoms with Crippen molar-refractivity contribution in [1.82, 2.24) is 0 Å². The van der Waals surface area contributed by atoms with Gasteiger partial charge < -0.3 is 19.8 Å². The minimum atomic E-state index is -0.264. The fourth-order valence-corrected chi connectivity index (χ4v) is 4.43. The van der Waals surface area contributed by atoms with E-state index < -0.39 is 0 Å². The molecule has 0 aliphatic carbocycles. The largest absolute Gasteiger partial charge is 0.466 e. The molecule has 0 spiro atoms. The van der Waals surface area contributed by atoms with Crippen LogP contribution in [0.1, 0.15) is 51.6 Å². The average Bonchev–Trinajstić information content (AvgIpc) is 3.03. The maximum Gasteiger partial charge on any atom is 0.305 e. The zero-order valence-electron chi connectivity index (χ0n) is 24.6. The van der Waals surface area contributed by atoms with Gasteiger partial charge in [0.15, 0.2) is 0 Å². The fourth-order valence-electron chi connectivity index (χ4n) is 4.43. The molecule has 0 saturated carbocycles. The Labute approximate surface area is 251 Å². The second-order valence-corrected chi connectivity index (χ2v) is 9.84. The van der Waals surface area contributed by atoms with Crippen LogP contribution >= 0.6 is 0 Å². The van der Waals surface area contributed by atoms with Crippen LogP contribution < -0.4 is 10.2 Å². The molecule has 2 amide bonds. The lowest BCUT2D eigenvalue weighted by molar-refractivity contribution is -0.143. The Balaban J connectivity index is 1.39. The molecule has 0 bridgehead atoms. The zero-order valence-corrected chi connectivity index (χ0v) is 24.6. The van der Waals surface area contributed by atoms with Crippen LogP contribution in [0.5, 0.6) is 0 Å². The third kappa shape index (κ3) is 8.39. The third-order valence-electron chi connectivity index (χ3n) is 6.71. The van der Waals surface area contributed by atoms with Crippen molar-refractivity contribution < 1.29 is 24.0 Å². The number of rotatable bonds is 12. The molecule has 0 fully saturated rings. The summed E-state index contributed by atoms with van der Waals surface area (Å²) in [6, 6.07) is 29.7. The van der Waals surface area contributed by atoms with Crippen LogP contribution in [0.25, 0.3) is 11.1 Å². The van der Waals surface area contributed by atoms with Gasteiger partial charge in [-0.1, -0.05) is 71.4 Å². The van der Waals surface area contributed by atoms with Crippen molar-refractivity contribution in [2.24, 2.45) is 5.16 Å². The molecule has 0 aliphatic rings. The summed E-state index contributed by atoms with van der Waals surface area (Å²) in [5.74, 6) is -0.720. The minimum absolute atomic E-state index is 0.223. The van der Waals surface area contributed by atoms with Gasteiger partial charge in [0.2, 0.25) is 0 Å². The highest BCUT2D eigenvalue weighted by atomic mass is 16.6. The van der Waals surface area contributed by atoms with Crippen molar-refractivity contribution in [3.8, 4) is 11.1 Å². The van der Waals surface area contributed by atoms with Crippen molar-refractivity contribution >= 4 is 35.4 Å². The van der Waals surface area contributed by atoms with Gasteiger partial charge in [-0.2, -0.15) is 0 Å². The number of aryl methyl sites for hydroxylation is 1. The van der Waals surface area contributed by atoms with E-state index in [-0.39, 0.29) is 30.8 Å². The van der Waals surface area contributed by atoms with E-state index in [1.165, 1.54) is 11.1 Å². The number of esters is 1. The highest BCUT2D eigenvalue weighted by Gasteiger charge is 2.17. The number of anilines is 2. The summed E-state index contributed by atoms with van der Waals surface area (Å²) < 4.78 is 4.89. The summed E-state index contributed by atoms with van der Waals surface area (Å²) in [5, 5.41) is 6.94. The van der Waals surface area contributed by atoms with E-state index >= 15 is 0 Å². The third-order valence-corrected chi connectivity index (χ3v) is 6.71. The summed E-state index contributed by atoms with van der Waals surface area (Å²) in [6.45, 7) is 4.41. The van der Waals surface area contributed by atoms with Gasteiger partial charge >= 0.3 is 5.97 Å². The summed E-state index contributed by atoms with van der Waals surface area (Å²) in [7, 11) is 1.69. The van der Waals surface area contributed by atoms with Crippen molar-refractivity contribution in [2.45, 2.75) is 26.7 Å². The van der Waals surface area contributed by atoms with E-state index in [4.69, 9.17) is 9.57 Å². The second kappa shape index (κ2) is 15.1. The molecule has 0 aliphatic heterocycles. The van der Waals surface area contributed by atoms with Crippen molar-refractivity contribution in [1.29, 1.82) is 0 Å². The number of oxime groups is 1. The van der Waals surface area contributed by atoms with Crippen molar-refractivity contribution in [2.75, 3.05) is 30.5 Å². The van der Waals surface area contributed by atoms with Crippen LogP contribution in [0.3, 0.4) is 0 Å². The summed E-state index contributed by atoms with van der Waals surface area (Å²) in [4.78, 5) is 44.8. The van der Waals surface area contributed by atoms with Gasteiger partial charge in [-0.15, -0.1) is 0 Å². The average molecular weight is 578 g/mol. The Morgan fingerprint density at radius 1 is 0.884 bits per heavy atom. The predicted octanol–water partition coefficient (Wildman–Crippen LogP) is 6.88. The van der Waals surface area contributed by atoms with E-state index in [0.717, 1.165) is 16.7 Å². The van der Waals surface area contributed by atoms with Crippen LogP contribution in [0.15, 0.2) is 102 Å². The molecule has 220 valence electrons. The first-order valence-electron chi connectivity index (χ1n) is 14.1. The number of benzene rings is 4. The number of hydrogen-bond donors (Lipinski definition) is 1. The molecule has 0 atom stereocenters. The lowest BCUT2D eigenvalue weighted by Gasteiger charge is -2.19. The zero-order chi connectivity index (χ0) is 30.6. The molecule has 8 heteroatoms. The van der Waals surface area contributed by atoms with Gasteiger partial charge in [-0.3, -0.25) is 14.4 Å². The highest BCUT2D eigenvalue weighted by Crippen LogP contribution is 2.26. The number of carbonyl (C=O) groups excluding carboxylic acids is 3. The van der Waals surface area contributed by atoms with E-state index in [1.807, 2.05) is 73.7 Å². The topological polar surface area (TPSA) is 97.3 Å². The van der Waals surface area contributed by atoms with Gasteiger partial charge in [0.25, 0.3) is 11.8 Å². The molecular weight excluding hydrogens is 542 g/mol. The molecular formula is C35H35N3O5. The molecule has 4 aromatic rings. The predicted molar refractivity (Wildman–Crippen MR) is 170 cm³/mol. The maximum absolute atomic E-state index is 13.3. The molecule has 0 unspecified atom stereocenters. The molecule has 0 aromatic heterocycles.